The first-order valence-electron chi connectivity index (χ1n) is 10.4. The van der Waals surface area contributed by atoms with Crippen molar-refractivity contribution >= 4 is 44.2 Å². The van der Waals surface area contributed by atoms with Crippen molar-refractivity contribution in [1.29, 1.82) is 0 Å². The second-order valence-corrected chi connectivity index (χ2v) is 8.83. The Morgan fingerprint density at radius 1 is 1.20 bits per heavy atom. The summed E-state index contributed by atoms with van der Waals surface area (Å²) in [6, 6.07) is 13.3. The van der Waals surface area contributed by atoms with E-state index in [0.29, 0.717) is 17.1 Å². The minimum atomic E-state index is -0.0363. The Labute approximate surface area is 186 Å². The Morgan fingerprint density at radius 3 is 2.70 bits per heavy atom. The number of carbonyl (C=O) groups excluding carboxylic acids is 1. The molecule has 0 unspecified atom stereocenters. The van der Waals surface area contributed by atoms with Crippen molar-refractivity contribution in [3.63, 3.8) is 0 Å². The molecule has 1 fully saturated rings. The van der Waals surface area contributed by atoms with Crippen molar-refractivity contribution in [1.82, 2.24) is 9.88 Å². The maximum atomic E-state index is 13.4. The first-order valence-corrected chi connectivity index (χ1v) is 11.6. The van der Waals surface area contributed by atoms with Gasteiger partial charge in [-0.2, -0.15) is 0 Å². The van der Waals surface area contributed by atoms with Gasteiger partial charge in [0.15, 0.2) is 5.13 Å². The molecular weight excluding hydrogens is 418 g/mol. The minimum absolute atomic E-state index is 0.0363. The van der Waals surface area contributed by atoms with Gasteiger partial charge < -0.3 is 4.74 Å². The lowest BCUT2D eigenvalue weighted by Crippen LogP contribution is -2.39. The number of hydrogen-bond donors (Lipinski definition) is 0. The van der Waals surface area contributed by atoms with Crippen LogP contribution in [0.2, 0.25) is 5.02 Å². The molecule has 1 aromatic heterocycles. The number of halogens is 1. The first kappa shape index (κ1) is 21.2. The predicted octanol–water partition coefficient (Wildman–Crippen LogP) is 4.88. The molecule has 0 spiro atoms. The zero-order valence-electron chi connectivity index (χ0n) is 17.1. The topological polar surface area (TPSA) is 45.7 Å². The molecule has 7 heteroatoms. The van der Waals surface area contributed by atoms with E-state index in [4.69, 9.17) is 21.3 Å². The fraction of sp³-hybridized carbons (Fsp3) is 0.391. The molecule has 3 aromatic rings. The summed E-state index contributed by atoms with van der Waals surface area (Å²) >= 11 is 7.60. The second-order valence-electron chi connectivity index (χ2n) is 7.39. The van der Waals surface area contributed by atoms with Gasteiger partial charge in [0.1, 0.15) is 0 Å². The van der Waals surface area contributed by atoms with Crippen LogP contribution < -0.4 is 4.90 Å². The number of rotatable bonds is 7. The molecule has 1 amide bonds. The average Bonchev–Trinajstić information content (AvgIpc) is 3.21. The fourth-order valence-corrected chi connectivity index (χ4v) is 4.87. The normalized spacial score (nSPS) is 14.9. The predicted molar refractivity (Wildman–Crippen MR) is 124 cm³/mol. The number of para-hydroxylation sites is 1. The van der Waals surface area contributed by atoms with Gasteiger partial charge in [0.05, 0.1) is 23.4 Å². The molecule has 0 N–H and O–H groups in total. The van der Waals surface area contributed by atoms with Gasteiger partial charge in [-0.3, -0.25) is 14.6 Å². The molecule has 1 aliphatic rings. The van der Waals surface area contributed by atoms with Gasteiger partial charge in [-0.1, -0.05) is 42.0 Å². The molecule has 158 valence electrons. The molecular formula is C23H26ClN3O2S. The van der Waals surface area contributed by atoms with E-state index in [1.165, 1.54) is 5.56 Å². The average molecular weight is 444 g/mol. The van der Waals surface area contributed by atoms with Crippen molar-refractivity contribution in [3.05, 3.63) is 58.6 Å². The molecule has 1 aliphatic heterocycles. The number of aromatic nitrogens is 1. The Bertz CT molecular complexity index is 999. The largest absolute Gasteiger partial charge is 0.379 e. The summed E-state index contributed by atoms with van der Waals surface area (Å²) in [5, 5.41) is 1.38. The van der Waals surface area contributed by atoms with E-state index in [-0.39, 0.29) is 5.91 Å². The van der Waals surface area contributed by atoms with Gasteiger partial charge in [-0.25, -0.2) is 4.98 Å². The molecule has 0 radical (unpaired) electrons. The van der Waals surface area contributed by atoms with Crippen molar-refractivity contribution in [3.8, 4) is 0 Å². The van der Waals surface area contributed by atoms with Gasteiger partial charge in [0.2, 0.25) is 0 Å². The third kappa shape index (κ3) is 4.83. The molecule has 1 saturated heterocycles. The number of carbonyl (C=O) groups is 1. The fourth-order valence-electron chi connectivity index (χ4n) is 3.70. The van der Waals surface area contributed by atoms with Crippen LogP contribution in [0, 0.1) is 0 Å². The highest BCUT2D eigenvalue weighted by molar-refractivity contribution is 7.22. The van der Waals surface area contributed by atoms with Crippen molar-refractivity contribution in [2.45, 2.75) is 19.8 Å². The van der Waals surface area contributed by atoms with Gasteiger partial charge in [-0.15, -0.1) is 0 Å². The van der Waals surface area contributed by atoms with Crippen LogP contribution in [-0.4, -0.2) is 55.2 Å². The van der Waals surface area contributed by atoms with Crippen LogP contribution in [0.25, 0.3) is 10.2 Å². The van der Waals surface area contributed by atoms with Crippen molar-refractivity contribution in [2.24, 2.45) is 0 Å². The number of morpholine rings is 1. The van der Waals surface area contributed by atoms with E-state index >= 15 is 0 Å². The number of hydrogen-bond acceptors (Lipinski definition) is 5. The lowest BCUT2D eigenvalue weighted by Gasteiger charge is -2.27. The van der Waals surface area contributed by atoms with E-state index in [0.717, 1.165) is 61.0 Å². The Kier molecular flexibility index (Phi) is 7.00. The van der Waals surface area contributed by atoms with E-state index in [2.05, 4.69) is 30.0 Å². The summed E-state index contributed by atoms with van der Waals surface area (Å²) in [4.78, 5) is 22.5. The SMILES string of the molecule is CCc1cccc2sc(N(CCCN3CCOCC3)C(=O)c3ccc(Cl)cc3)nc12. The number of nitrogens with zero attached hydrogens (tertiary/aromatic N) is 3. The molecule has 0 saturated carbocycles. The monoisotopic (exact) mass is 443 g/mol. The van der Waals surface area contributed by atoms with E-state index in [1.807, 2.05) is 4.90 Å². The van der Waals surface area contributed by atoms with Crippen LogP contribution >= 0.6 is 22.9 Å². The third-order valence-corrected chi connectivity index (χ3v) is 6.69. The number of amides is 1. The minimum Gasteiger partial charge on any atom is -0.379 e. The van der Waals surface area contributed by atoms with E-state index < -0.39 is 0 Å². The van der Waals surface area contributed by atoms with Gasteiger partial charge in [-0.05, 0) is 48.7 Å². The van der Waals surface area contributed by atoms with Gasteiger partial charge >= 0.3 is 0 Å². The Balaban J connectivity index is 1.59. The highest BCUT2D eigenvalue weighted by Gasteiger charge is 2.22. The van der Waals surface area contributed by atoms with Crippen molar-refractivity contribution < 1.29 is 9.53 Å². The maximum absolute atomic E-state index is 13.4. The first-order chi connectivity index (χ1) is 14.7. The number of anilines is 1. The number of aryl methyl sites for hydroxylation is 1. The number of benzene rings is 2. The zero-order chi connectivity index (χ0) is 20.9. The second kappa shape index (κ2) is 9.88. The highest BCUT2D eigenvalue weighted by atomic mass is 35.5. The molecule has 0 aliphatic carbocycles. The van der Waals surface area contributed by atoms with Gasteiger partial charge in [0.25, 0.3) is 5.91 Å². The van der Waals surface area contributed by atoms with E-state index in [9.17, 15) is 4.79 Å². The number of thiazole rings is 1. The standard InChI is InChI=1S/C23H26ClN3O2S/c1-2-17-5-3-6-20-21(17)25-23(30-20)27(12-4-11-26-13-15-29-16-14-26)22(28)18-7-9-19(24)10-8-18/h3,5-10H,2,4,11-16H2,1H3. The summed E-state index contributed by atoms with van der Waals surface area (Å²) < 4.78 is 6.55. The molecule has 5 nitrogen and oxygen atoms in total. The molecule has 2 aromatic carbocycles. The lowest BCUT2D eigenvalue weighted by molar-refractivity contribution is 0.0376. The Morgan fingerprint density at radius 2 is 1.97 bits per heavy atom. The molecule has 2 heterocycles. The van der Waals surface area contributed by atoms with Crippen molar-refractivity contribution in [2.75, 3.05) is 44.3 Å². The number of fused-ring (bicyclic) bond motifs is 1. The zero-order valence-corrected chi connectivity index (χ0v) is 18.7. The van der Waals surface area contributed by atoms with Crippen LogP contribution in [-0.2, 0) is 11.2 Å². The van der Waals surface area contributed by atoms with Gasteiger partial charge in [0, 0.05) is 36.8 Å². The molecule has 0 atom stereocenters. The summed E-state index contributed by atoms with van der Waals surface area (Å²) in [6.45, 7) is 7.17. The lowest BCUT2D eigenvalue weighted by atomic mass is 10.1. The molecule has 30 heavy (non-hydrogen) atoms. The summed E-state index contributed by atoms with van der Waals surface area (Å²) in [5.74, 6) is -0.0363. The maximum Gasteiger partial charge on any atom is 0.260 e. The van der Waals surface area contributed by atoms with Crippen LogP contribution in [0.4, 0.5) is 5.13 Å². The van der Waals surface area contributed by atoms with Crippen LogP contribution in [0.5, 0.6) is 0 Å². The molecule has 0 bridgehead atoms. The van der Waals surface area contributed by atoms with Crippen LogP contribution in [0.3, 0.4) is 0 Å². The highest BCUT2D eigenvalue weighted by Crippen LogP contribution is 2.32. The Hall–Kier alpha value is -1.99. The third-order valence-electron chi connectivity index (χ3n) is 5.40. The smallest absolute Gasteiger partial charge is 0.260 e. The van der Waals surface area contributed by atoms with Crippen LogP contribution in [0.15, 0.2) is 42.5 Å². The molecule has 4 rings (SSSR count). The quantitative estimate of drug-likeness (QED) is 0.522. The van der Waals surface area contributed by atoms with Crippen LogP contribution in [0.1, 0.15) is 29.3 Å². The summed E-state index contributed by atoms with van der Waals surface area (Å²) in [6.07, 6.45) is 1.80. The van der Waals surface area contributed by atoms with E-state index in [1.54, 1.807) is 35.6 Å². The summed E-state index contributed by atoms with van der Waals surface area (Å²) in [7, 11) is 0. The number of ether oxygens (including phenoxy) is 1. The summed E-state index contributed by atoms with van der Waals surface area (Å²) in [5.41, 5.74) is 2.84.